The number of aliphatic hydroxyl groups is 1. The van der Waals surface area contributed by atoms with E-state index in [0.29, 0.717) is 26.2 Å². The van der Waals surface area contributed by atoms with E-state index in [1.54, 1.807) is 49.4 Å². The summed E-state index contributed by atoms with van der Waals surface area (Å²) in [5.41, 5.74) is 0.747. The van der Waals surface area contributed by atoms with Gasteiger partial charge in [0.05, 0.1) is 21.7 Å². The Hall–Kier alpha value is -2.45. The van der Waals surface area contributed by atoms with Crippen LogP contribution >= 0.6 is 46.1 Å². The zero-order valence-electron chi connectivity index (χ0n) is 15.3. The number of rotatable bonds is 3. The van der Waals surface area contributed by atoms with E-state index in [2.05, 4.69) is 10.2 Å². The van der Waals surface area contributed by atoms with E-state index in [1.165, 1.54) is 4.90 Å². The van der Waals surface area contributed by atoms with Crippen LogP contribution < -0.4 is 4.90 Å². The minimum Gasteiger partial charge on any atom is -0.507 e. The number of aromatic nitrogens is 2. The van der Waals surface area contributed by atoms with Crippen molar-refractivity contribution in [1.82, 2.24) is 10.2 Å². The van der Waals surface area contributed by atoms with Gasteiger partial charge in [-0.15, -0.1) is 10.2 Å². The number of halogens is 3. The Bertz CT molecular complexity index is 1210. The SMILES string of the molecule is Cc1nnc(N2C(=O)C(=O)C(=C(O)c3ccc(Cl)cc3)C2c2ccc(Cl)c(Cl)c2)s1. The lowest BCUT2D eigenvalue weighted by Crippen LogP contribution is -2.29. The summed E-state index contributed by atoms with van der Waals surface area (Å²) in [5, 5.41) is 20.8. The minimum absolute atomic E-state index is 0.0893. The highest BCUT2D eigenvalue weighted by atomic mass is 35.5. The van der Waals surface area contributed by atoms with E-state index in [9.17, 15) is 14.7 Å². The highest BCUT2D eigenvalue weighted by molar-refractivity contribution is 7.15. The van der Waals surface area contributed by atoms with Crippen LogP contribution in [0.3, 0.4) is 0 Å². The Balaban J connectivity index is 1.96. The highest BCUT2D eigenvalue weighted by Crippen LogP contribution is 2.44. The summed E-state index contributed by atoms with van der Waals surface area (Å²) in [4.78, 5) is 27.1. The monoisotopic (exact) mass is 479 g/mol. The molecule has 1 N–H and O–H groups in total. The van der Waals surface area contributed by atoms with Crippen molar-refractivity contribution in [3.63, 3.8) is 0 Å². The molecule has 0 spiro atoms. The summed E-state index contributed by atoms with van der Waals surface area (Å²) in [6.07, 6.45) is 0. The predicted octanol–water partition coefficient (Wildman–Crippen LogP) is 5.43. The number of hydrogen-bond donors (Lipinski definition) is 1. The molecule has 1 aliphatic heterocycles. The molecule has 1 amide bonds. The van der Waals surface area contributed by atoms with Gasteiger partial charge in [0.2, 0.25) is 5.13 Å². The number of Topliss-reactive ketones (excluding diaryl/α,β-unsaturated/α-hetero) is 1. The summed E-state index contributed by atoms with van der Waals surface area (Å²) in [5.74, 6) is -1.99. The van der Waals surface area contributed by atoms with Crippen LogP contribution in [0, 0.1) is 6.92 Å². The maximum atomic E-state index is 13.0. The molecule has 0 saturated carbocycles. The topological polar surface area (TPSA) is 83.4 Å². The average Bonchev–Trinajstić information content (AvgIpc) is 3.25. The normalized spacial score (nSPS) is 18.3. The second-order valence-electron chi connectivity index (χ2n) is 6.45. The summed E-state index contributed by atoms with van der Waals surface area (Å²) in [6.45, 7) is 1.74. The molecular formula is C20H12Cl3N3O3S. The number of benzene rings is 2. The van der Waals surface area contributed by atoms with Crippen molar-refractivity contribution in [2.45, 2.75) is 13.0 Å². The third kappa shape index (κ3) is 3.58. The van der Waals surface area contributed by atoms with Gasteiger partial charge in [-0.1, -0.05) is 52.2 Å². The molecule has 1 saturated heterocycles. The van der Waals surface area contributed by atoms with Crippen molar-refractivity contribution in [2.24, 2.45) is 0 Å². The van der Waals surface area contributed by atoms with Crippen LogP contribution in [-0.2, 0) is 9.59 Å². The Kier molecular flexibility index (Phi) is 5.55. The lowest BCUT2D eigenvalue weighted by Gasteiger charge is -2.22. The lowest BCUT2D eigenvalue weighted by atomic mass is 9.95. The van der Waals surface area contributed by atoms with E-state index in [-0.39, 0.29) is 21.5 Å². The summed E-state index contributed by atoms with van der Waals surface area (Å²) >= 11 is 19.3. The fourth-order valence-corrected chi connectivity index (χ4v) is 4.32. The first kappa shape index (κ1) is 20.8. The molecule has 2 heterocycles. The van der Waals surface area contributed by atoms with Gasteiger partial charge in [-0.3, -0.25) is 14.5 Å². The molecule has 30 heavy (non-hydrogen) atoms. The van der Waals surface area contributed by atoms with Gasteiger partial charge in [-0.2, -0.15) is 0 Å². The van der Waals surface area contributed by atoms with Crippen molar-refractivity contribution in [3.8, 4) is 0 Å². The average molecular weight is 481 g/mol. The largest absolute Gasteiger partial charge is 0.507 e. The van der Waals surface area contributed by atoms with E-state index in [1.807, 2.05) is 0 Å². The zero-order chi connectivity index (χ0) is 21.6. The van der Waals surface area contributed by atoms with Crippen molar-refractivity contribution >= 4 is 68.7 Å². The third-order valence-corrected chi connectivity index (χ3v) is 6.37. The van der Waals surface area contributed by atoms with Crippen molar-refractivity contribution in [3.05, 3.63) is 79.2 Å². The Labute approximate surface area is 190 Å². The standard InChI is InChI=1S/C20H12Cl3N3O3S/c1-9-24-25-20(30-9)26-16(11-4-7-13(22)14(23)8-11)15(18(28)19(26)29)17(27)10-2-5-12(21)6-3-10/h2-8,16,27H,1H3. The molecule has 6 nitrogen and oxygen atoms in total. The molecule has 4 rings (SSSR count). The first-order chi connectivity index (χ1) is 14.3. The number of hydrogen-bond acceptors (Lipinski definition) is 6. The second kappa shape index (κ2) is 8.00. The first-order valence-electron chi connectivity index (χ1n) is 8.60. The molecule has 10 heteroatoms. The Morgan fingerprint density at radius 1 is 1.03 bits per heavy atom. The number of carbonyl (C=O) groups is 2. The minimum atomic E-state index is -0.956. The third-order valence-electron chi connectivity index (χ3n) is 4.54. The molecule has 2 aromatic carbocycles. The zero-order valence-corrected chi connectivity index (χ0v) is 18.4. The van der Waals surface area contributed by atoms with Gasteiger partial charge in [0.25, 0.3) is 5.78 Å². The van der Waals surface area contributed by atoms with Gasteiger partial charge < -0.3 is 5.11 Å². The summed E-state index contributed by atoms with van der Waals surface area (Å²) < 4.78 is 0. The Morgan fingerprint density at radius 2 is 1.73 bits per heavy atom. The molecule has 0 radical (unpaired) electrons. The van der Waals surface area contributed by atoms with Crippen LogP contribution in [0.5, 0.6) is 0 Å². The van der Waals surface area contributed by atoms with Crippen molar-refractivity contribution in [2.75, 3.05) is 4.90 Å². The maximum Gasteiger partial charge on any atom is 0.301 e. The first-order valence-corrected chi connectivity index (χ1v) is 10.5. The smallest absolute Gasteiger partial charge is 0.301 e. The van der Waals surface area contributed by atoms with Crippen molar-refractivity contribution < 1.29 is 14.7 Å². The van der Waals surface area contributed by atoms with Crippen LogP contribution in [0.4, 0.5) is 5.13 Å². The van der Waals surface area contributed by atoms with Gasteiger partial charge in [0.1, 0.15) is 10.8 Å². The molecule has 3 aromatic rings. The molecular weight excluding hydrogens is 469 g/mol. The van der Waals surface area contributed by atoms with E-state index >= 15 is 0 Å². The molecule has 1 fully saturated rings. The summed E-state index contributed by atoms with van der Waals surface area (Å²) in [6, 6.07) is 10.1. The van der Waals surface area contributed by atoms with Crippen LogP contribution in [-0.4, -0.2) is 27.0 Å². The van der Waals surface area contributed by atoms with Crippen molar-refractivity contribution in [1.29, 1.82) is 0 Å². The van der Waals surface area contributed by atoms with Gasteiger partial charge in [-0.05, 0) is 48.9 Å². The highest BCUT2D eigenvalue weighted by Gasteiger charge is 2.48. The van der Waals surface area contributed by atoms with Crippen LogP contribution in [0.15, 0.2) is 48.0 Å². The molecule has 0 aliphatic carbocycles. The number of aryl methyl sites for hydroxylation is 1. The van der Waals surface area contributed by atoms with Crippen LogP contribution in [0.1, 0.15) is 22.2 Å². The number of nitrogens with zero attached hydrogens (tertiary/aromatic N) is 3. The van der Waals surface area contributed by atoms with Crippen LogP contribution in [0.25, 0.3) is 5.76 Å². The molecule has 1 aromatic heterocycles. The Morgan fingerprint density at radius 3 is 2.33 bits per heavy atom. The number of carbonyl (C=O) groups excluding carboxylic acids is 2. The number of ketones is 1. The van der Waals surface area contributed by atoms with Crippen LogP contribution in [0.2, 0.25) is 15.1 Å². The van der Waals surface area contributed by atoms with Gasteiger partial charge >= 0.3 is 5.91 Å². The van der Waals surface area contributed by atoms with E-state index in [0.717, 1.165) is 11.3 Å². The quantitative estimate of drug-likeness (QED) is 0.307. The van der Waals surface area contributed by atoms with Gasteiger partial charge in [0.15, 0.2) is 0 Å². The van der Waals surface area contributed by atoms with E-state index < -0.39 is 17.7 Å². The van der Waals surface area contributed by atoms with Gasteiger partial charge in [0, 0.05) is 10.6 Å². The molecule has 0 bridgehead atoms. The molecule has 1 unspecified atom stereocenters. The maximum absolute atomic E-state index is 13.0. The lowest BCUT2D eigenvalue weighted by molar-refractivity contribution is -0.132. The molecule has 152 valence electrons. The number of anilines is 1. The second-order valence-corrected chi connectivity index (χ2v) is 8.86. The molecule has 1 atom stereocenters. The number of amides is 1. The van der Waals surface area contributed by atoms with E-state index in [4.69, 9.17) is 34.8 Å². The summed E-state index contributed by atoms with van der Waals surface area (Å²) in [7, 11) is 0. The number of aliphatic hydroxyl groups excluding tert-OH is 1. The fourth-order valence-electron chi connectivity index (χ4n) is 3.17. The molecule has 1 aliphatic rings. The fraction of sp³-hybridized carbons (Fsp3) is 0.100. The van der Waals surface area contributed by atoms with Gasteiger partial charge in [-0.25, -0.2) is 0 Å². The predicted molar refractivity (Wildman–Crippen MR) is 117 cm³/mol.